The van der Waals surface area contributed by atoms with Crippen LogP contribution in [0.4, 0.5) is 0 Å². The van der Waals surface area contributed by atoms with Gasteiger partial charge in [-0.3, -0.25) is 14.4 Å². The lowest BCUT2D eigenvalue weighted by Crippen LogP contribution is -2.38. The van der Waals surface area contributed by atoms with Crippen molar-refractivity contribution >= 4 is 17.8 Å². The zero-order valence-electron chi connectivity index (χ0n) is 19.5. The molecule has 6 heteroatoms. The van der Waals surface area contributed by atoms with Crippen molar-refractivity contribution in [2.24, 2.45) is 5.92 Å². The third-order valence-electron chi connectivity index (χ3n) is 6.17. The number of carbonyl (C=O) groups excluding carboxylic acids is 3. The van der Waals surface area contributed by atoms with Crippen LogP contribution in [-0.2, 0) is 43.6 Å². The van der Waals surface area contributed by atoms with Crippen LogP contribution in [0.1, 0.15) is 36.0 Å². The normalized spacial score (nSPS) is 15.3. The summed E-state index contributed by atoms with van der Waals surface area (Å²) in [6.07, 6.45) is 1.14. The van der Waals surface area contributed by atoms with Crippen molar-refractivity contribution in [3.05, 3.63) is 108 Å². The van der Waals surface area contributed by atoms with Gasteiger partial charge in [0.2, 0.25) is 5.91 Å². The Morgan fingerprint density at radius 1 is 0.743 bits per heavy atom. The van der Waals surface area contributed by atoms with Crippen LogP contribution in [0.3, 0.4) is 0 Å². The smallest absolute Gasteiger partial charge is 0.320 e. The van der Waals surface area contributed by atoms with Crippen LogP contribution in [0.25, 0.3) is 0 Å². The molecule has 1 aliphatic heterocycles. The van der Waals surface area contributed by atoms with E-state index >= 15 is 0 Å². The number of amides is 1. The maximum atomic E-state index is 13.1. The maximum absolute atomic E-state index is 13.1. The van der Waals surface area contributed by atoms with Gasteiger partial charge in [0.15, 0.2) is 5.92 Å². The lowest BCUT2D eigenvalue weighted by atomic mass is 9.97. The van der Waals surface area contributed by atoms with E-state index in [9.17, 15) is 14.4 Å². The first kappa shape index (κ1) is 24.2. The number of carbonyl (C=O) groups is 3. The van der Waals surface area contributed by atoms with Crippen LogP contribution in [0.15, 0.2) is 91.0 Å². The zero-order valence-corrected chi connectivity index (χ0v) is 19.5. The number of likely N-dealkylation sites (tertiary alicyclic amines) is 1. The highest BCUT2D eigenvalue weighted by Crippen LogP contribution is 2.28. The molecule has 180 valence electrons. The molecule has 0 bridgehead atoms. The molecule has 0 aromatic heterocycles. The maximum Gasteiger partial charge on any atom is 0.320 e. The standard InChI is InChI=1S/C29H29NO5/c31-27-17-16-25(30(27)19-22-10-4-1-5-11-22)18-26(28(32)34-20-23-12-6-2-7-13-23)29(33)35-21-24-14-8-3-9-15-24/h1-15,25-26H,16-21H2/t25-/m0/s1. The van der Waals surface area contributed by atoms with Crippen LogP contribution in [0, 0.1) is 5.92 Å². The minimum Gasteiger partial charge on any atom is -0.460 e. The van der Waals surface area contributed by atoms with Gasteiger partial charge >= 0.3 is 11.9 Å². The fourth-order valence-electron chi connectivity index (χ4n) is 4.25. The first-order chi connectivity index (χ1) is 17.1. The molecule has 0 saturated carbocycles. The number of benzene rings is 3. The number of nitrogens with zero attached hydrogens (tertiary/aromatic N) is 1. The molecule has 0 radical (unpaired) electrons. The molecule has 0 spiro atoms. The molecule has 0 unspecified atom stereocenters. The summed E-state index contributed by atoms with van der Waals surface area (Å²) in [5.41, 5.74) is 2.67. The highest BCUT2D eigenvalue weighted by molar-refractivity contribution is 5.95. The van der Waals surface area contributed by atoms with Crippen molar-refractivity contribution in [1.29, 1.82) is 0 Å². The van der Waals surface area contributed by atoms with E-state index in [2.05, 4.69) is 0 Å². The zero-order chi connectivity index (χ0) is 24.5. The third-order valence-corrected chi connectivity index (χ3v) is 6.17. The van der Waals surface area contributed by atoms with Gasteiger partial charge in [-0.25, -0.2) is 0 Å². The van der Waals surface area contributed by atoms with Crippen molar-refractivity contribution < 1.29 is 23.9 Å². The fourth-order valence-corrected chi connectivity index (χ4v) is 4.25. The fraction of sp³-hybridized carbons (Fsp3) is 0.276. The molecule has 35 heavy (non-hydrogen) atoms. The van der Waals surface area contributed by atoms with Crippen LogP contribution >= 0.6 is 0 Å². The van der Waals surface area contributed by atoms with Gasteiger partial charge in [0.05, 0.1) is 0 Å². The quantitative estimate of drug-likeness (QED) is 0.317. The first-order valence-corrected chi connectivity index (χ1v) is 11.8. The third kappa shape index (κ3) is 6.79. The average Bonchev–Trinajstić information content (AvgIpc) is 3.24. The largest absolute Gasteiger partial charge is 0.460 e. The topological polar surface area (TPSA) is 72.9 Å². The summed E-state index contributed by atoms with van der Waals surface area (Å²) in [5.74, 6) is -2.36. The summed E-state index contributed by atoms with van der Waals surface area (Å²) in [6.45, 7) is 0.577. The second kappa shape index (κ2) is 12.0. The first-order valence-electron chi connectivity index (χ1n) is 11.8. The Morgan fingerprint density at radius 3 is 1.69 bits per heavy atom. The Bertz CT molecular complexity index is 1060. The summed E-state index contributed by atoms with van der Waals surface area (Å²) in [4.78, 5) is 40.5. The van der Waals surface area contributed by atoms with Crippen LogP contribution < -0.4 is 0 Å². The Hall–Kier alpha value is -3.93. The van der Waals surface area contributed by atoms with Gasteiger partial charge in [0.25, 0.3) is 0 Å². The van der Waals surface area contributed by atoms with E-state index in [1.165, 1.54) is 0 Å². The number of hydrogen-bond acceptors (Lipinski definition) is 5. The molecule has 1 atom stereocenters. The summed E-state index contributed by atoms with van der Waals surface area (Å²) in [6, 6.07) is 28.1. The molecule has 0 N–H and O–H groups in total. The molecule has 0 aliphatic carbocycles. The second-order valence-corrected chi connectivity index (χ2v) is 8.67. The monoisotopic (exact) mass is 471 g/mol. The van der Waals surface area contributed by atoms with Gasteiger partial charge in [0, 0.05) is 19.0 Å². The molecule has 4 rings (SSSR count). The highest BCUT2D eigenvalue weighted by Gasteiger charge is 2.39. The van der Waals surface area contributed by atoms with Gasteiger partial charge in [-0.15, -0.1) is 0 Å². The average molecular weight is 472 g/mol. The van der Waals surface area contributed by atoms with E-state index in [4.69, 9.17) is 9.47 Å². The number of rotatable bonds is 10. The summed E-state index contributed by atoms with van der Waals surface area (Å²) >= 11 is 0. The lowest BCUT2D eigenvalue weighted by Gasteiger charge is -2.27. The Balaban J connectivity index is 1.46. The number of ether oxygens (including phenoxy) is 2. The summed E-state index contributed by atoms with van der Waals surface area (Å²) < 4.78 is 11.0. The van der Waals surface area contributed by atoms with Gasteiger partial charge in [0.1, 0.15) is 13.2 Å². The van der Waals surface area contributed by atoms with Crippen LogP contribution in [-0.4, -0.2) is 28.8 Å². The van der Waals surface area contributed by atoms with Crippen molar-refractivity contribution in [3.8, 4) is 0 Å². The second-order valence-electron chi connectivity index (χ2n) is 8.67. The van der Waals surface area contributed by atoms with E-state index in [1.807, 2.05) is 91.0 Å². The van der Waals surface area contributed by atoms with E-state index in [-0.39, 0.29) is 31.6 Å². The van der Waals surface area contributed by atoms with Gasteiger partial charge in [-0.05, 0) is 29.5 Å². The number of hydrogen-bond donors (Lipinski definition) is 0. The Kier molecular flexibility index (Phi) is 8.28. The van der Waals surface area contributed by atoms with Crippen LogP contribution in [0.5, 0.6) is 0 Å². The van der Waals surface area contributed by atoms with Crippen molar-refractivity contribution in [3.63, 3.8) is 0 Å². The van der Waals surface area contributed by atoms with Gasteiger partial charge in [-0.2, -0.15) is 0 Å². The summed E-state index contributed by atoms with van der Waals surface area (Å²) in [7, 11) is 0. The molecule has 6 nitrogen and oxygen atoms in total. The lowest BCUT2D eigenvalue weighted by molar-refractivity contribution is -0.165. The molecular weight excluding hydrogens is 442 g/mol. The molecule has 1 fully saturated rings. The summed E-state index contributed by atoms with van der Waals surface area (Å²) in [5, 5.41) is 0. The predicted molar refractivity (Wildman–Crippen MR) is 131 cm³/mol. The van der Waals surface area contributed by atoms with Crippen LogP contribution in [0.2, 0.25) is 0 Å². The Morgan fingerprint density at radius 2 is 1.20 bits per heavy atom. The van der Waals surface area contributed by atoms with Crippen molar-refractivity contribution in [1.82, 2.24) is 4.90 Å². The predicted octanol–water partition coefficient (Wildman–Crippen LogP) is 4.67. The van der Waals surface area contributed by atoms with Crippen molar-refractivity contribution in [2.75, 3.05) is 0 Å². The molecular formula is C29H29NO5. The van der Waals surface area contributed by atoms with Gasteiger partial charge < -0.3 is 14.4 Å². The minimum absolute atomic E-state index is 0.0212. The van der Waals surface area contributed by atoms with E-state index in [1.54, 1.807) is 4.90 Å². The van der Waals surface area contributed by atoms with Gasteiger partial charge in [-0.1, -0.05) is 91.0 Å². The molecule has 3 aromatic carbocycles. The molecule has 1 saturated heterocycles. The SMILES string of the molecule is O=C(OCc1ccccc1)C(C[C@@H]1CCC(=O)N1Cc1ccccc1)C(=O)OCc1ccccc1. The highest BCUT2D eigenvalue weighted by atomic mass is 16.6. The van der Waals surface area contributed by atoms with E-state index in [0.717, 1.165) is 16.7 Å². The molecule has 1 heterocycles. The van der Waals surface area contributed by atoms with E-state index < -0.39 is 17.9 Å². The number of esters is 2. The molecule has 1 amide bonds. The van der Waals surface area contributed by atoms with Crippen molar-refractivity contribution in [2.45, 2.75) is 45.1 Å². The van der Waals surface area contributed by atoms with E-state index in [0.29, 0.717) is 19.4 Å². The minimum atomic E-state index is -1.11. The Labute approximate surface area is 205 Å². The molecule has 3 aromatic rings. The molecule has 1 aliphatic rings.